The van der Waals surface area contributed by atoms with E-state index in [1.54, 1.807) is 6.07 Å². The maximum atomic E-state index is 13.1. The summed E-state index contributed by atoms with van der Waals surface area (Å²) in [6, 6.07) is 4.40. The van der Waals surface area contributed by atoms with E-state index in [-0.39, 0.29) is 12.0 Å². The Morgan fingerprint density at radius 2 is 2.29 bits per heavy atom. The molecule has 0 aliphatic rings. The minimum Gasteiger partial charge on any atom is -0.369 e. The van der Waals surface area contributed by atoms with Crippen LogP contribution in [0.1, 0.15) is 12.0 Å². The van der Waals surface area contributed by atoms with E-state index >= 15 is 0 Å². The van der Waals surface area contributed by atoms with Crippen molar-refractivity contribution in [3.05, 3.63) is 40.7 Å². The fraction of sp³-hybridized carbons (Fsp3) is 0.100. The van der Waals surface area contributed by atoms with E-state index < -0.39 is 11.7 Å². The average molecular weight is 214 g/mol. The summed E-state index contributed by atoms with van der Waals surface area (Å²) in [5, 5.41) is 0.311. The maximum Gasteiger partial charge on any atom is 0.221 e. The van der Waals surface area contributed by atoms with Crippen LogP contribution in [-0.2, 0) is 4.79 Å². The summed E-state index contributed by atoms with van der Waals surface area (Å²) in [5.41, 5.74) is 5.19. The van der Waals surface area contributed by atoms with Crippen molar-refractivity contribution in [2.24, 2.45) is 5.73 Å². The Labute approximate surface area is 86.2 Å². The lowest BCUT2D eigenvalue weighted by molar-refractivity contribution is -0.117. The van der Waals surface area contributed by atoms with Gasteiger partial charge in [-0.3, -0.25) is 4.79 Å². The average Bonchev–Trinajstić information content (AvgIpc) is 2.09. The standard InChI is InChI=1S/C10H9ClFNO/c11-8-4-2-5-9(12)7(8)3-1-6-10(13)14/h1-5H,6H2,(H2,13,14). The molecule has 0 fully saturated rings. The van der Waals surface area contributed by atoms with Gasteiger partial charge in [0, 0.05) is 12.0 Å². The molecule has 1 aromatic rings. The third-order valence-corrected chi connectivity index (χ3v) is 1.93. The van der Waals surface area contributed by atoms with Gasteiger partial charge in [-0.2, -0.15) is 0 Å². The normalized spacial score (nSPS) is 10.7. The number of halogens is 2. The molecule has 0 saturated heterocycles. The molecule has 0 aromatic heterocycles. The molecule has 0 radical (unpaired) electrons. The van der Waals surface area contributed by atoms with Gasteiger partial charge in [0.05, 0.1) is 5.02 Å². The summed E-state index contributed by atoms with van der Waals surface area (Å²) >= 11 is 5.74. The number of amides is 1. The minimum atomic E-state index is -0.464. The van der Waals surface area contributed by atoms with E-state index in [0.29, 0.717) is 5.02 Å². The Morgan fingerprint density at radius 3 is 2.86 bits per heavy atom. The van der Waals surface area contributed by atoms with Gasteiger partial charge in [0.2, 0.25) is 5.91 Å². The maximum absolute atomic E-state index is 13.1. The van der Waals surface area contributed by atoms with Crippen molar-refractivity contribution in [2.45, 2.75) is 6.42 Å². The summed E-state index contributed by atoms with van der Waals surface area (Å²) in [5.74, 6) is -0.882. The van der Waals surface area contributed by atoms with Gasteiger partial charge >= 0.3 is 0 Å². The zero-order valence-corrected chi connectivity index (χ0v) is 8.09. The number of primary amides is 1. The zero-order chi connectivity index (χ0) is 10.6. The van der Waals surface area contributed by atoms with E-state index in [9.17, 15) is 9.18 Å². The highest BCUT2D eigenvalue weighted by atomic mass is 35.5. The Hall–Kier alpha value is -1.35. The van der Waals surface area contributed by atoms with E-state index in [0.717, 1.165) is 0 Å². The Bertz CT molecular complexity index is 356. The Morgan fingerprint density at radius 1 is 1.57 bits per heavy atom. The first-order valence-corrected chi connectivity index (χ1v) is 4.38. The molecular weight excluding hydrogens is 205 g/mol. The molecule has 0 aliphatic heterocycles. The molecule has 0 spiro atoms. The molecule has 1 aromatic carbocycles. The molecule has 0 heterocycles. The van der Waals surface area contributed by atoms with Gasteiger partial charge in [-0.25, -0.2) is 4.39 Å². The van der Waals surface area contributed by atoms with Crippen LogP contribution in [-0.4, -0.2) is 5.91 Å². The molecule has 0 unspecified atom stereocenters. The van der Waals surface area contributed by atoms with Gasteiger partial charge in [0.1, 0.15) is 5.82 Å². The second-order valence-corrected chi connectivity index (χ2v) is 3.12. The molecular formula is C10H9ClFNO. The fourth-order valence-electron chi connectivity index (χ4n) is 0.963. The number of carbonyl (C=O) groups excluding carboxylic acids is 1. The first kappa shape index (κ1) is 10.7. The second-order valence-electron chi connectivity index (χ2n) is 2.71. The van der Waals surface area contributed by atoms with Crippen LogP contribution < -0.4 is 5.73 Å². The summed E-state index contributed by atoms with van der Waals surface area (Å²) in [4.78, 5) is 10.4. The van der Waals surface area contributed by atoms with Crippen molar-refractivity contribution in [2.75, 3.05) is 0 Å². The van der Waals surface area contributed by atoms with Crippen LogP contribution in [0.15, 0.2) is 24.3 Å². The smallest absolute Gasteiger partial charge is 0.221 e. The second kappa shape index (κ2) is 4.77. The SMILES string of the molecule is NC(=O)CC=Cc1c(F)cccc1Cl. The van der Waals surface area contributed by atoms with Crippen LogP contribution >= 0.6 is 11.6 Å². The van der Waals surface area contributed by atoms with Crippen molar-refractivity contribution < 1.29 is 9.18 Å². The van der Waals surface area contributed by atoms with Gasteiger partial charge in [-0.15, -0.1) is 0 Å². The van der Waals surface area contributed by atoms with Crippen molar-refractivity contribution >= 4 is 23.6 Å². The lowest BCUT2D eigenvalue weighted by Crippen LogP contribution is -2.07. The topological polar surface area (TPSA) is 43.1 Å². The molecule has 0 saturated carbocycles. The van der Waals surface area contributed by atoms with Crippen molar-refractivity contribution in [1.29, 1.82) is 0 Å². The Balaban J connectivity index is 2.85. The zero-order valence-electron chi connectivity index (χ0n) is 7.34. The number of hydrogen-bond donors (Lipinski definition) is 1. The minimum absolute atomic E-state index is 0.0741. The summed E-state index contributed by atoms with van der Waals surface area (Å²) < 4.78 is 13.1. The third-order valence-electron chi connectivity index (χ3n) is 1.60. The largest absolute Gasteiger partial charge is 0.369 e. The predicted octanol–water partition coefficient (Wildman–Crippen LogP) is 2.37. The number of hydrogen-bond acceptors (Lipinski definition) is 1. The van der Waals surface area contributed by atoms with Crippen molar-refractivity contribution in [1.82, 2.24) is 0 Å². The van der Waals surface area contributed by atoms with Crippen LogP contribution in [0.5, 0.6) is 0 Å². The van der Waals surface area contributed by atoms with Crippen molar-refractivity contribution in [3.63, 3.8) is 0 Å². The van der Waals surface area contributed by atoms with Gasteiger partial charge < -0.3 is 5.73 Å². The van der Waals surface area contributed by atoms with E-state index in [4.69, 9.17) is 17.3 Å². The molecule has 1 amide bonds. The summed E-state index contributed by atoms with van der Waals surface area (Å²) in [7, 11) is 0. The molecule has 2 nitrogen and oxygen atoms in total. The van der Waals surface area contributed by atoms with Crippen LogP contribution in [0.3, 0.4) is 0 Å². The summed E-state index contributed by atoms with van der Waals surface area (Å²) in [6.45, 7) is 0. The molecule has 74 valence electrons. The number of nitrogens with two attached hydrogens (primary N) is 1. The van der Waals surface area contributed by atoms with Crippen molar-refractivity contribution in [3.8, 4) is 0 Å². The van der Waals surface area contributed by atoms with Gasteiger partial charge in [-0.1, -0.05) is 29.8 Å². The number of rotatable bonds is 3. The van der Waals surface area contributed by atoms with Crippen LogP contribution in [0.4, 0.5) is 4.39 Å². The summed E-state index contributed by atoms with van der Waals surface area (Å²) in [6.07, 6.45) is 3.00. The monoisotopic (exact) mass is 213 g/mol. The Kier molecular flexibility index (Phi) is 3.65. The molecule has 1 rings (SSSR count). The van der Waals surface area contributed by atoms with Gasteiger partial charge in [0.25, 0.3) is 0 Å². The predicted molar refractivity (Wildman–Crippen MR) is 54.3 cm³/mol. The van der Waals surface area contributed by atoms with Crippen LogP contribution in [0, 0.1) is 5.82 Å². The fourth-order valence-corrected chi connectivity index (χ4v) is 1.19. The lowest BCUT2D eigenvalue weighted by Gasteiger charge is -1.98. The molecule has 4 heteroatoms. The number of benzene rings is 1. The highest BCUT2D eigenvalue weighted by Crippen LogP contribution is 2.20. The van der Waals surface area contributed by atoms with Gasteiger partial charge in [0.15, 0.2) is 0 Å². The van der Waals surface area contributed by atoms with Gasteiger partial charge in [-0.05, 0) is 12.1 Å². The molecule has 0 aliphatic carbocycles. The third kappa shape index (κ3) is 2.85. The lowest BCUT2D eigenvalue weighted by atomic mass is 10.2. The van der Waals surface area contributed by atoms with Crippen LogP contribution in [0.2, 0.25) is 5.02 Å². The molecule has 14 heavy (non-hydrogen) atoms. The first-order valence-electron chi connectivity index (χ1n) is 4.00. The molecule has 0 atom stereocenters. The highest BCUT2D eigenvalue weighted by Gasteiger charge is 2.02. The highest BCUT2D eigenvalue weighted by molar-refractivity contribution is 6.32. The van der Waals surface area contributed by atoms with E-state index in [1.165, 1.54) is 24.3 Å². The molecule has 2 N–H and O–H groups in total. The molecule has 0 bridgehead atoms. The van der Waals surface area contributed by atoms with Crippen LogP contribution in [0.25, 0.3) is 6.08 Å². The van der Waals surface area contributed by atoms with E-state index in [1.807, 2.05) is 0 Å². The number of carbonyl (C=O) groups is 1. The quantitative estimate of drug-likeness (QED) is 0.823. The first-order chi connectivity index (χ1) is 6.61. The van der Waals surface area contributed by atoms with E-state index in [2.05, 4.69) is 0 Å².